The van der Waals surface area contributed by atoms with E-state index in [1.807, 2.05) is 13.0 Å². The Kier molecular flexibility index (Phi) is 8.61. The number of nitro benzene ring substituents is 1. The SMILES string of the molecule is CCC1CCCCN1S(=O)(=O)c1ccc(C(=O)N(/N=C/c2ccc([N+](=O)[O-])cc2)c2nc3ccc(OC)cc3s2)cc1. The van der Waals surface area contributed by atoms with Gasteiger partial charge in [0.15, 0.2) is 0 Å². The minimum Gasteiger partial charge on any atom is -0.497 e. The molecule has 1 atom stereocenters. The van der Waals surface area contributed by atoms with E-state index in [2.05, 4.69) is 10.1 Å². The zero-order valence-electron chi connectivity index (χ0n) is 23.0. The number of amides is 1. The van der Waals surface area contributed by atoms with Crippen molar-refractivity contribution in [1.29, 1.82) is 0 Å². The highest BCUT2D eigenvalue weighted by Crippen LogP contribution is 2.33. The van der Waals surface area contributed by atoms with E-state index in [-0.39, 0.29) is 27.3 Å². The van der Waals surface area contributed by atoms with Crippen molar-refractivity contribution in [2.45, 2.75) is 43.5 Å². The zero-order chi connectivity index (χ0) is 29.9. The van der Waals surface area contributed by atoms with Gasteiger partial charge in [-0.1, -0.05) is 24.7 Å². The van der Waals surface area contributed by atoms with Crippen LogP contribution in [0.1, 0.15) is 48.5 Å². The molecule has 0 radical (unpaired) electrons. The molecule has 2 heterocycles. The van der Waals surface area contributed by atoms with Crippen LogP contribution in [-0.2, 0) is 10.0 Å². The Morgan fingerprint density at radius 2 is 1.90 bits per heavy atom. The number of hydrogen-bond donors (Lipinski definition) is 0. The summed E-state index contributed by atoms with van der Waals surface area (Å²) in [5.74, 6) is 0.119. The normalized spacial score (nSPS) is 16.1. The third-order valence-electron chi connectivity index (χ3n) is 7.14. The molecule has 218 valence electrons. The van der Waals surface area contributed by atoms with Gasteiger partial charge in [0, 0.05) is 30.3 Å². The summed E-state index contributed by atoms with van der Waals surface area (Å²) in [5, 5.41) is 16.8. The lowest BCUT2D eigenvalue weighted by Crippen LogP contribution is -2.43. The number of thiazole rings is 1. The standard InChI is InChI=1S/C29H29N5O6S2/c1-3-22-6-4-5-17-32(22)42(38,39)25-14-9-21(10-15-25)28(35)33(30-19-20-7-11-23(12-8-20)34(36)37)29-31-26-16-13-24(40-2)18-27(26)41-29/h7-16,18-19,22H,3-6,17H2,1-2H3/b30-19+. The number of hydrazone groups is 1. The Morgan fingerprint density at radius 3 is 2.57 bits per heavy atom. The lowest BCUT2D eigenvalue weighted by molar-refractivity contribution is -0.384. The first-order valence-electron chi connectivity index (χ1n) is 13.4. The highest BCUT2D eigenvalue weighted by molar-refractivity contribution is 7.89. The number of hydrogen-bond acceptors (Lipinski definition) is 9. The quantitative estimate of drug-likeness (QED) is 0.132. The van der Waals surface area contributed by atoms with E-state index < -0.39 is 20.9 Å². The summed E-state index contributed by atoms with van der Waals surface area (Å²) in [4.78, 5) is 29.0. The largest absolute Gasteiger partial charge is 0.497 e. The Morgan fingerprint density at radius 1 is 1.17 bits per heavy atom. The number of carbonyl (C=O) groups excluding carboxylic acids is 1. The third kappa shape index (κ3) is 6.03. The predicted molar refractivity (Wildman–Crippen MR) is 162 cm³/mol. The molecular weight excluding hydrogens is 578 g/mol. The number of fused-ring (bicyclic) bond motifs is 1. The number of rotatable bonds is 9. The van der Waals surface area contributed by atoms with E-state index in [9.17, 15) is 23.3 Å². The van der Waals surface area contributed by atoms with Crippen molar-refractivity contribution < 1.29 is 22.9 Å². The maximum absolute atomic E-state index is 13.8. The number of benzene rings is 3. The van der Waals surface area contributed by atoms with Crippen LogP contribution in [0.25, 0.3) is 10.2 Å². The number of non-ortho nitro benzene ring substituents is 1. The van der Waals surface area contributed by atoms with Crippen LogP contribution in [0.3, 0.4) is 0 Å². The predicted octanol–water partition coefficient (Wildman–Crippen LogP) is 5.85. The van der Waals surface area contributed by atoms with Crippen LogP contribution in [0.4, 0.5) is 10.8 Å². The topological polar surface area (TPSA) is 135 Å². The third-order valence-corrected chi connectivity index (χ3v) is 10.1. The highest BCUT2D eigenvalue weighted by Gasteiger charge is 2.32. The van der Waals surface area contributed by atoms with Crippen LogP contribution in [0, 0.1) is 10.1 Å². The van der Waals surface area contributed by atoms with Gasteiger partial charge in [0.1, 0.15) is 5.75 Å². The first-order chi connectivity index (χ1) is 20.2. The van der Waals surface area contributed by atoms with Crippen molar-refractivity contribution in [3.63, 3.8) is 0 Å². The molecule has 4 aromatic rings. The molecule has 1 saturated heterocycles. The first-order valence-corrected chi connectivity index (χ1v) is 15.7. The Labute approximate surface area is 247 Å². The second-order valence-corrected chi connectivity index (χ2v) is 12.6. The number of nitrogens with zero attached hydrogens (tertiary/aromatic N) is 5. The fraction of sp³-hybridized carbons (Fsp3) is 0.276. The molecule has 3 aromatic carbocycles. The van der Waals surface area contributed by atoms with Crippen molar-refractivity contribution in [2.24, 2.45) is 5.10 Å². The lowest BCUT2D eigenvalue weighted by atomic mass is 10.0. The minimum absolute atomic E-state index is 0.0352. The van der Waals surface area contributed by atoms with Crippen molar-refractivity contribution in [2.75, 3.05) is 18.7 Å². The number of aromatic nitrogens is 1. The van der Waals surface area contributed by atoms with Crippen LogP contribution in [0.5, 0.6) is 5.75 Å². The van der Waals surface area contributed by atoms with E-state index >= 15 is 0 Å². The Hall–Kier alpha value is -4.20. The van der Waals surface area contributed by atoms with Gasteiger partial charge in [-0.2, -0.15) is 14.4 Å². The summed E-state index contributed by atoms with van der Waals surface area (Å²) in [5.41, 5.74) is 1.34. The number of nitro groups is 1. The molecule has 1 amide bonds. The number of ether oxygens (including phenoxy) is 1. The van der Waals surface area contributed by atoms with Gasteiger partial charge in [-0.3, -0.25) is 14.9 Å². The molecule has 11 nitrogen and oxygen atoms in total. The fourth-order valence-corrected chi connectivity index (χ4v) is 7.55. The van der Waals surface area contributed by atoms with Gasteiger partial charge in [-0.25, -0.2) is 13.4 Å². The van der Waals surface area contributed by atoms with E-state index in [0.29, 0.717) is 23.4 Å². The summed E-state index contributed by atoms with van der Waals surface area (Å²) in [6, 6.07) is 16.9. The number of sulfonamides is 1. The van der Waals surface area contributed by atoms with E-state index in [1.54, 1.807) is 23.5 Å². The second-order valence-electron chi connectivity index (χ2n) is 9.74. The number of piperidine rings is 1. The summed E-state index contributed by atoms with van der Waals surface area (Å²) in [6.07, 6.45) is 4.82. The van der Waals surface area contributed by atoms with Crippen LogP contribution < -0.4 is 9.75 Å². The molecule has 0 aliphatic carbocycles. The number of methoxy groups -OCH3 is 1. The maximum atomic E-state index is 13.8. The molecule has 1 fully saturated rings. The zero-order valence-corrected chi connectivity index (χ0v) is 24.7. The van der Waals surface area contributed by atoms with E-state index in [0.717, 1.165) is 35.4 Å². The van der Waals surface area contributed by atoms with Crippen molar-refractivity contribution in [3.8, 4) is 5.75 Å². The van der Waals surface area contributed by atoms with Gasteiger partial charge in [0.05, 0.1) is 33.4 Å². The second kappa shape index (κ2) is 12.3. The van der Waals surface area contributed by atoms with Gasteiger partial charge in [0.2, 0.25) is 15.2 Å². The van der Waals surface area contributed by atoms with Gasteiger partial charge < -0.3 is 4.74 Å². The van der Waals surface area contributed by atoms with E-state index in [4.69, 9.17) is 4.74 Å². The summed E-state index contributed by atoms with van der Waals surface area (Å²) in [7, 11) is -2.15. The van der Waals surface area contributed by atoms with Crippen molar-refractivity contribution in [3.05, 3.63) is 88.0 Å². The summed E-state index contributed by atoms with van der Waals surface area (Å²) in [6.45, 7) is 2.47. The molecule has 0 spiro atoms. The first kappa shape index (κ1) is 29.3. The molecular formula is C29H29N5O6S2. The highest BCUT2D eigenvalue weighted by atomic mass is 32.2. The van der Waals surface area contributed by atoms with Crippen LogP contribution in [0.15, 0.2) is 76.7 Å². The molecule has 1 aliphatic rings. The maximum Gasteiger partial charge on any atom is 0.280 e. The number of carbonyl (C=O) groups is 1. The molecule has 13 heteroatoms. The van der Waals surface area contributed by atoms with Gasteiger partial charge >= 0.3 is 0 Å². The molecule has 42 heavy (non-hydrogen) atoms. The van der Waals surface area contributed by atoms with Gasteiger partial charge in [-0.05, 0) is 79.4 Å². The molecule has 1 aliphatic heterocycles. The summed E-state index contributed by atoms with van der Waals surface area (Å²) >= 11 is 1.24. The molecule has 5 rings (SSSR count). The van der Waals surface area contributed by atoms with Crippen LogP contribution in [-0.4, -0.2) is 54.4 Å². The minimum atomic E-state index is -3.71. The van der Waals surface area contributed by atoms with Crippen LogP contribution in [0.2, 0.25) is 0 Å². The van der Waals surface area contributed by atoms with Crippen LogP contribution >= 0.6 is 11.3 Å². The smallest absolute Gasteiger partial charge is 0.280 e. The van der Waals surface area contributed by atoms with Crippen molar-refractivity contribution >= 4 is 54.5 Å². The molecule has 1 unspecified atom stereocenters. The van der Waals surface area contributed by atoms with Gasteiger partial charge in [0.25, 0.3) is 11.6 Å². The Balaban J connectivity index is 1.47. The van der Waals surface area contributed by atoms with E-state index in [1.165, 1.54) is 66.1 Å². The molecule has 0 saturated carbocycles. The van der Waals surface area contributed by atoms with Gasteiger partial charge in [-0.15, -0.1) is 0 Å². The lowest BCUT2D eigenvalue weighted by Gasteiger charge is -2.34. The average Bonchev–Trinajstić information content (AvgIpc) is 3.44. The fourth-order valence-electron chi connectivity index (χ4n) is 4.83. The average molecular weight is 608 g/mol. The summed E-state index contributed by atoms with van der Waals surface area (Å²) < 4.78 is 34.5. The molecule has 0 N–H and O–H groups in total. The number of anilines is 1. The van der Waals surface area contributed by atoms with Crippen molar-refractivity contribution in [1.82, 2.24) is 9.29 Å². The molecule has 1 aromatic heterocycles. The monoisotopic (exact) mass is 607 g/mol. The Bertz CT molecular complexity index is 1740. The molecule has 0 bridgehead atoms.